The van der Waals surface area contributed by atoms with Crippen molar-refractivity contribution in [1.29, 1.82) is 0 Å². The highest BCUT2D eigenvalue weighted by Crippen LogP contribution is 2.30. The summed E-state index contributed by atoms with van der Waals surface area (Å²) in [7, 11) is 1.81. The summed E-state index contributed by atoms with van der Waals surface area (Å²) in [6.07, 6.45) is 3.46. The lowest BCUT2D eigenvalue weighted by atomic mass is 10.2. The van der Waals surface area contributed by atoms with Crippen molar-refractivity contribution in [3.05, 3.63) is 29.0 Å². The Kier molecular flexibility index (Phi) is 2.25. The first-order valence-electron chi connectivity index (χ1n) is 4.08. The van der Waals surface area contributed by atoms with Gasteiger partial charge in [0.25, 0.3) is 0 Å². The molecule has 5 heteroatoms. The molecule has 0 bridgehead atoms. The molecule has 14 heavy (non-hydrogen) atoms. The molecule has 2 aromatic heterocycles. The Balaban J connectivity index is 2.58. The van der Waals surface area contributed by atoms with E-state index < -0.39 is 0 Å². The van der Waals surface area contributed by atoms with Crippen LogP contribution in [0, 0.1) is 0 Å². The SMILES string of the molecule is Cn1nc(-c2ccncc2)c(Br)c1N. The molecule has 0 unspecified atom stereocenters. The highest BCUT2D eigenvalue weighted by molar-refractivity contribution is 9.10. The van der Waals surface area contributed by atoms with Gasteiger partial charge in [-0.05, 0) is 28.1 Å². The highest BCUT2D eigenvalue weighted by Gasteiger charge is 2.12. The molecule has 0 fully saturated rings. The van der Waals surface area contributed by atoms with Crippen molar-refractivity contribution in [3.63, 3.8) is 0 Å². The lowest BCUT2D eigenvalue weighted by molar-refractivity contribution is 0.782. The quantitative estimate of drug-likeness (QED) is 0.843. The second kappa shape index (κ2) is 3.42. The van der Waals surface area contributed by atoms with E-state index in [1.807, 2.05) is 19.2 Å². The van der Waals surface area contributed by atoms with Crippen LogP contribution in [0.15, 0.2) is 29.0 Å². The van der Waals surface area contributed by atoms with Gasteiger partial charge >= 0.3 is 0 Å². The van der Waals surface area contributed by atoms with Crippen molar-refractivity contribution in [1.82, 2.24) is 14.8 Å². The summed E-state index contributed by atoms with van der Waals surface area (Å²) in [5.41, 5.74) is 7.62. The predicted octanol–water partition coefficient (Wildman–Crippen LogP) is 1.83. The Morgan fingerprint density at radius 2 is 2.00 bits per heavy atom. The first kappa shape index (κ1) is 9.21. The van der Waals surface area contributed by atoms with Crippen LogP contribution < -0.4 is 5.73 Å². The minimum atomic E-state index is 0.622. The molecular weight excluding hydrogens is 244 g/mol. The summed E-state index contributed by atoms with van der Waals surface area (Å²) < 4.78 is 2.46. The number of aromatic nitrogens is 3. The molecule has 0 radical (unpaired) electrons. The molecule has 0 aromatic carbocycles. The molecule has 72 valence electrons. The molecule has 0 amide bonds. The molecule has 0 saturated heterocycles. The fourth-order valence-corrected chi connectivity index (χ4v) is 1.77. The molecule has 0 spiro atoms. The van der Waals surface area contributed by atoms with Gasteiger partial charge in [0.2, 0.25) is 0 Å². The van der Waals surface area contributed by atoms with Crippen molar-refractivity contribution in [2.75, 3.05) is 5.73 Å². The summed E-state index contributed by atoms with van der Waals surface area (Å²) in [4.78, 5) is 3.95. The van der Waals surface area contributed by atoms with E-state index in [0.29, 0.717) is 5.82 Å². The van der Waals surface area contributed by atoms with Gasteiger partial charge in [0.05, 0.1) is 4.47 Å². The maximum Gasteiger partial charge on any atom is 0.136 e. The van der Waals surface area contributed by atoms with E-state index in [9.17, 15) is 0 Å². The third-order valence-electron chi connectivity index (χ3n) is 1.99. The molecule has 2 N–H and O–H groups in total. The van der Waals surface area contributed by atoms with Crippen LogP contribution in [-0.2, 0) is 7.05 Å². The molecule has 2 rings (SSSR count). The van der Waals surface area contributed by atoms with Gasteiger partial charge in [-0.25, -0.2) is 0 Å². The molecular formula is C9H9BrN4. The van der Waals surface area contributed by atoms with E-state index in [4.69, 9.17) is 5.73 Å². The molecule has 0 aliphatic rings. The topological polar surface area (TPSA) is 56.7 Å². The molecule has 0 saturated carbocycles. The number of nitrogens with zero attached hydrogens (tertiary/aromatic N) is 3. The van der Waals surface area contributed by atoms with Crippen LogP contribution in [0.1, 0.15) is 0 Å². The van der Waals surface area contributed by atoms with E-state index in [1.165, 1.54) is 0 Å². The predicted molar refractivity (Wildman–Crippen MR) is 58.6 cm³/mol. The molecule has 2 aromatic rings. The van der Waals surface area contributed by atoms with Crippen LogP contribution >= 0.6 is 15.9 Å². The van der Waals surface area contributed by atoms with Crippen LogP contribution in [0.4, 0.5) is 5.82 Å². The first-order chi connectivity index (χ1) is 6.70. The fraction of sp³-hybridized carbons (Fsp3) is 0.111. The number of rotatable bonds is 1. The van der Waals surface area contributed by atoms with Crippen LogP contribution in [0.5, 0.6) is 0 Å². The number of halogens is 1. The van der Waals surface area contributed by atoms with Crippen molar-refractivity contribution >= 4 is 21.7 Å². The number of nitrogens with two attached hydrogens (primary N) is 1. The number of anilines is 1. The zero-order valence-corrected chi connectivity index (χ0v) is 9.19. The summed E-state index contributed by atoms with van der Waals surface area (Å²) in [6.45, 7) is 0. The van der Waals surface area contributed by atoms with Gasteiger partial charge in [-0.3, -0.25) is 9.67 Å². The zero-order valence-electron chi connectivity index (χ0n) is 7.61. The molecule has 2 heterocycles. The van der Waals surface area contributed by atoms with Crippen molar-refractivity contribution < 1.29 is 0 Å². The molecule has 4 nitrogen and oxygen atoms in total. The van der Waals surface area contributed by atoms with Gasteiger partial charge < -0.3 is 5.73 Å². The average molecular weight is 253 g/mol. The number of hydrogen-bond donors (Lipinski definition) is 1. The summed E-state index contributed by atoms with van der Waals surface area (Å²) in [5.74, 6) is 0.622. The normalized spacial score (nSPS) is 10.4. The Labute approximate surface area is 89.9 Å². The van der Waals surface area contributed by atoms with E-state index >= 15 is 0 Å². The van der Waals surface area contributed by atoms with Gasteiger partial charge in [0.1, 0.15) is 11.5 Å². The van der Waals surface area contributed by atoms with Crippen LogP contribution in [0.2, 0.25) is 0 Å². The zero-order chi connectivity index (χ0) is 10.1. The summed E-state index contributed by atoms with van der Waals surface area (Å²) in [5, 5.41) is 4.30. The minimum Gasteiger partial charge on any atom is -0.383 e. The highest BCUT2D eigenvalue weighted by atomic mass is 79.9. The summed E-state index contributed by atoms with van der Waals surface area (Å²) in [6, 6.07) is 3.79. The van der Waals surface area contributed by atoms with Crippen molar-refractivity contribution in [2.45, 2.75) is 0 Å². The van der Waals surface area contributed by atoms with Crippen LogP contribution in [0.25, 0.3) is 11.3 Å². The lowest BCUT2D eigenvalue weighted by Crippen LogP contribution is -1.97. The third-order valence-corrected chi connectivity index (χ3v) is 2.77. The Morgan fingerprint density at radius 3 is 2.50 bits per heavy atom. The maximum absolute atomic E-state index is 5.78. The number of aryl methyl sites for hydroxylation is 1. The number of hydrogen-bond acceptors (Lipinski definition) is 3. The van der Waals surface area contributed by atoms with Crippen LogP contribution in [-0.4, -0.2) is 14.8 Å². The summed E-state index contributed by atoms with van der Waals surface area (Å²) >= 11 is 3.41. The largest absolute Gasteiger partial charge is 0.383 e. The standard InChI is InChI=1S/C9H9BrN4/c1-14-9(11)7(10)8(13-14)6-2-4-12-5-3-6/h2-5H,11H2,1H3. The maximum atomic E-state index is 5.78. The van der Waals surface area contributed by atoms with E-state index in [1.54, 1.807) is 17.1 Å². The van der Waals surface area contributed by atoms with E-state index in [0.717, 1.165) is 15.7 Å². The molecule has 0 aliphatic heterocycles. The Bertz CT molecular complexity index is 449. The smallest absolute Gasteiger partial charge is 0.136 e. The molecule has 0 aliphatic carbocycles. The van der Waals surface area contributed by atoms with Gasteiger partial charge in [-0.2, -0.15) is 5.10 Å². The van der Waals surface area contributed by atoms with Gasteiger partial charge in [0, 0.05) is 25.0 Å². The van der Waals surface area contributed by atoms with Gasteiger partial charge in [0.15, 0.2) is 0 Å². The third kappa shape index (κ3) is 1.39. The van der Waals surface area contributed by atoms with E-state index in [-0.39, 0.29) is 0 Å². The van der Waals surface area contributed by atoms with Gasteiger partial charge in [-0.1, -0.05) is 0 Å². The first-order valence-corrected chi connectivity index (χ1v) is 4.88. The van der Waals surface area contributed by atoms with E-state index in [2.05, 4.69) is 26.0 Å². The minimum absolute atomic E-state index is 0.622. The average Bonchev–Trinajstić information content (AvgIpc) is 2.47. The second-order valence-electron chi connectivity index (χ2n) is 2.91. The number of nitrogen functional groups attached to an aromatic ring is 1. The van der Waals surface area contributed by atoms with Crippen LogP contribution in [0.3, 0.4) is 0 Å². The lowest BCUT2D eigenvalue weighted by Gasteiger charge is -1.94. The second-order valence-corrected chi connectivity index (χ2v) is 3.70. The Morgan fingerprint density at radius 1 is 1.36 bits per heavy atom. The Hall–Kier alpha value is -1.36. The van der Waals surface area contributed by atoms with Crippen molar-refractivity contribution in [3.8, 4) is 11.3 Å². The number of pyridine rings is 1. The van der Waals surface area contributed by atoms with Gasteiger partial charge in [-0.15, -0.1) is 0 Å². The van der Waals surface area contributed by atoms with Crippen molar-refractivity contribution in [2.24, 2.45) is 7.05 Å². The fourth-order valence-electron chi connectivity index (χ4n) is 1.21. The molecule has 0 atom stereocenters. The monoisotopic (exact) mass is 252 g/mol.